The van der Waals surface area contributed by atoms with E-state index in [0.29, 0.717) is 33.9 Å². The van der Waals surface area contributed by atoms with Gasteiger partial charge >= 0.3 is 5.97 Å². The summed E-state index contributed by atoms with van der Waals surface area (Å²) in [4.78, 5) is 34.9. The standard InChI is InChI=1S/C28H26N4O3S/c1-3-23(26(33)32-27-20(15-29)19-6-4-5-7-24(19)36-27)35-28(34)18-12-13-21-22(14-18)31-25(30-21)17-10-8-16(2)9-11-17/h8-14,23H,3-7H2,1-2H3,(H,30,31)(H,32,33). The first kappa shape index (κ1) is 23.8. The molecule has 2 heterocycles. The van der Waals surface area contributed by atoms with Gasteiger partial charge in [-0.15, -0.1) is 11.3 Å². The Morgan fingerprint density at radius 3 is 2.72 bits per heavy atom. The number of nitrogens with zero attached hydrogens (tertiary/aromatic N) is 2. The monoisotopic (exact) mass is 498 g/mol. The van der Waals surface area contributed by atoms with Gasteiger partial charge in [-0.25, -0.2) is 9.78 Å². The molecule has 1 aliphatic carbocycles. The van der Waals surface area contributed by atoms with E-state index in [9.17, 15) is 14.9 Å². The Balaban J connectivity index is 1.31. The Kier molecular flexibility index (Phi) is 6.57. The molecule has 0 fully saturated rings. The van der Waals surface area contributed by atoms with E-state index in [0.717, 1.165) is 52.8 Å². The first-order valence-electron chi connectivity index (χ1n) is 12.1. The topological polar surface area (TPSA) is 108 Å². The maximum absolute atomic E-state index is 13.0. The van der Waals surface area contributed by atoms with Crippen molar-refractivity contribution in [3.05, 3.63) is 69.6 Å². The van der Waals surface area contributed by atoms with Crippen LogP contribution in [0.1, 0.15) is 58.1 Å². The highest BCUT2D eigenvalue weighted by atomic mass is 32.1. The van der Waals surface area contributed by atoms with Crippen LogP contribution in [0.5, 0.6) is 0 Å². The zero-order valence-electron chi connectivity index (χ0n) is 20.2. The number of H-pyrrole nitrogens is 1. The number of aryl methyl sites for hydroxylation is 2. The summed E-state index contributed by atoms with van der Waals surface area (Å²) in [6, 6.07) is 15.4. The average molecular weight is 499 g/mol. The van der Waals surface area contributed by atoms with Crippen LogP contribution in [0.2, 0.25) is 0 Å². The molecule has 0 spiro atoms. The third-order valence-corrected chi connectivity index (χ3v) is 7.68. The third kappa shape index (κ3) is 4.62. The molecule has 7 nitrogen and oxygen atoms in total. The second-order valence-corrected chi connectivity index (χ2v) is 10.1. The molecule has 2 aromatic carbocycles. The number of carbonyl (C=O) groups is 2. The number of esters is 1. The summed E-state index contributed by atoms with van der Waals surface area (Å²) in [7, 11) is 0. The number of imidazole rings is 1. The number of fused-ring (bicyclic) bond motifs is 2. The van der Waals surface area contributed by atoms with Gasteiger partial charge in [0.15, 0.2) is 6.10 Å². The minimum atomic E-state index is -0.969. The molecule has 36 heavy (non-hydrogen) atoms. The number of aromatic nitrogens is 2. The number of hydrogen-bond donors (Lipinski definition) is 2. The molecule has 2 aromatic heterocycles. The van der Waals surface area contributed by atoms with Gasteiger partial charge in [0.25, 0.3) is 5.91 Å². The van der Waals surface area contributed by atoms with Crippen LogP contribution in [0.3, 0.4) is 0 Å². The first-order valence-corrected chi connectivity index (χ1v) is 12.9. The summed E-state index contributed by atoms with van der Waals surface area (Å²) in [6.07, 6.45) is 3.28. The number of hydrogen-bond acceptors (Lipinski definition) is 6. The van der Waals surface area contributed by atoms with Crippen molar-refractivity contribution in [2.75, 3.05) is 5.32 Å². The molecule has 0 radical (unpaired) electrons. The fourth-order valence-electron chi connectivity index (χ4n) is 4.47. The molecule has 1 atom stereocenters. The van der Waals surface area contributed by atoms with Crippen LogP contribution in [0.4, 0.5) is 5.00 Å². The molecule has 1 unspecified atom stereocenters. The lowest BCUT2D eigenvalue weighted by molar-refractivity contribution is -0.124. The molecule has 8 heteroatoms. The number of amides is 1. The number of rotatable bonds is 6. The lowest BCUT2D eigenvalue weighted by Gasteiger charge is -2.15. The van der Waals surface area contributed by atoms with E-state index in [1.807, 2.05) is 31.2 Å². The van der Waals surface area contributed by atoms with Crippen molar-refractivity contribution in [1.29, 1.82) is 5.26 Å². The van der Waals surface area contributed by atoms with Crippen molar-refractivity contribution in [1.82, 2.24) is 9.97 Å². The first-order chi connectivity index (χ1) is 17.5. The number of benzene rings is 2. The predicted octanol–water partition coefficient (Wildman–Crippen LogP) is 5.92. The molecule has 0 saturated carbocycles. The van der Waals surface area contributed by atoms with E-state index in [1.165, 1.54) is 11.3 Å². The van der Waals surface area contributed by atoms with Gasteiger partial charge in [0, 0.05) is 10.4 Å². The SMILES string of the molecule is CCC(OC(=O)c1ccc2nc(-c3ccc(C)cc3)[nH]c2c1)C(=O)Nc1sc2c(c1C#N)CCCC2. The molecule has 1 amide bonds. The highest BCUT2D eigenvalue weighted by Crippen LogP contribution is 2.37. The summed E-state index contributed by atoms with van der Waals surface area (Å²) in [6.45, 7) is 3.81. The Labute approximate surface area is 213 Å². The maximum atomic E-state index is 13.0. The van der Waals surface area contributed by atoms with Crippen LogP contribution in [0.15, 0.2) is 42.5 Å². The fraction of sp³-hybridized carbons (Fsp3) is 0.286. The Bertz CT molecular complexity index is 1490. The maximum Gasteiger partial charge on any atom is 0.338 e. The largest absolute Gasteiger partial charge is 0.449 e. The summed E-state index contributed by atoms with van der Waals surface area (Å²) in [5, 5.41) is 13.0. The van der Waals surface area contributed by atoms with Crippen LogP contribution in [-0.2, 0) is 22.4 Å². The number of anilines is 1. The average Bonchev–Trinajstić information content (AvgIpc) is 3.47. The minimum absolute atomic E-state index is 0.314. The smallest absolute Gasteiger partial charge is 0.338 e. The van der Waals surface area contributed by atoms with Crippen LogP contribution in [-0.4, -0.2) is 27.9 Å². The van der Waals surface area contributed by atoms with Crippen molar-refractivity contribution in [2.45, 2.75) is 52.1 Å². The van der Waals surface area contributed by atoms with Gasteiger partial charge in [-0.05, 0) is 62.8 Å². The molecule has 1 aliphatic rings. The zero-order valence-corrected chi connectivity index (χ0v) is 21.0. The van der Waals surface area contributed by atoms with E-state index in [-0.39, 0.29) is 0 Å². The van der Waals surface area contributed by atoms with Crippen molar-refractivity contribution in [3.8, 4) is 17.5 Å². The van der Waals surface area contributed by atoms with E-state index in [1.54, 1.807) is 25.1 Å². The van der Waals surface area contributed by atoms with E-state index in [2.05, 4.69) is 21.4 Å². The van der Waals surface area contributed by atoms with Gasteiger partial charge in [0.05, 0.1) is 22.2 Å². The number of carbonyl (C=O) groups excluding carboxylic acids is 2. The van der Waals surface area contributed by atoms with Crippen molar-refractivity contribution >= 4 is 39.2 Å². The van der Waals surface area contributed by atoms with Crippen molar-refractivity contribution in [2.24, 2.45) is 0 Å². The van der Waals surface area contributed by atoms with Crippen LogP contribution in [0.25, 0.3) is 22.4 Å². The summed E-state index contributed by atoms with van der Waals surface area (Å²) < 4.78 is 5.59. The second kappa shape index (κ2) is 9.96. The molecule has 4 aromatic rings. The summed E-state index contributed by atoms with van der Waals surface area (Å²) in [5.41, 5.74) is 5.48. The highest BCUT2D eigenvalue weighted by Gasteiger charge is 2.26. The summed E-state index contributed by atoms with van der Waals surface area (Å²) >= 11 is 1.45. The lowest BCUT2D eigenvalue weighted by Crippen LogP contribution is -2.32. The molecule has 182 valence electrons. The predicted molar refractivity (Wildman–Crippen MR) is 140 cm³/mol. The number of ether oxygens (including phenoxy) is 1. The normalized spacial score (nSPS) is 13.6. The van der Waals surface area contributed by atoms with Gasteiger partial charge < -0.3 is 15.0 Å². The molecule has 0 saturated heterocycles. The van der Waals surface area contributed by atoms with Crippen LogP contribution < -0.4 is 5.32 Å². The van der Waals surface area contributed by atoms with Gasteiger partial charge in [0.2, 0.25) is 0 Å². The van der Waals surface area contributed by atoms with Crippen LogP contribution in [0, 0.1) is 18.3 Å². The second-order valence-electron chi connectivity index (χ2n) is 9.00. The molecule has 2 N–H and O–H groups in total. The highest BCUT2D eigenvalue weighted by molar-refractivity contribution is 7.16. The van der Waals surface area contributed by atoms with Gasteiger partial charge in [-0.1, -0.05) is 36.8 Å². The fourth-order valence-corrected chi connectivity index (χ4v) is 5.71. The van der Waals surface area contributed by atoms with Gasteiger partial charge in [-0.3, -0.25) is 4.79 Å². The number of aromatic amines is 1. The minimum Gasteiger partial charge on any atom is -0.449 e. The third-order valence-electron chi connectivity index (χ3n) is 6.47. The Morgan fingerprint density at radius 2 is 1.97 bits per heavy atom. The molecular weight excluding hydrogens is 472 g/mol. The number of nitriles is 1. The number of nitrogens with one attached hydrogen (secondary N) is 2. The van der Waals surface area contributed by atoms with E-state index < -0.39 is 18.0 Å². The zero-order chi connectivity index (χ0) is 25.2. The van der Waals surface area contributed by atoms with Crippen LogP contribution >= 0.6 is 11.3 Å². The Morgan fingerprint density at radius 1 is 1.19 bits per heavy atom. The molecule has 0 aliphatic heterocycles. The number of thiophene rings is 1. The lowest BCUT2D eigenvalue weighted by atomic mass is 9.96. The van der Waals surface area contributed by atoms with E-state index >= 15 is 0 Å². The van der Waals surface area contributed by atoms with Crippen molar-refractivity contribution in [3.63, 3.8) is 0 Å². The molecule has 5 rings (SSSR count). The Hall–Kier alpha value is -3.96. The molecule has 0 bridgehead atoms. The van der Waals surface area contributed by atoms with Gasteiger partial charge in [-0.2, -0.15) is 5.26 Å². The molecular formula is C28H26N4O3S. The quantitative estimate of drug-likeness (QED) is 0.321. The van der Waals surface area contributed by atoms with Gasteiger partial charge in [0.1, 0.15) is 16.9 Å². The van der Waals surface area contributed by atoms with E-state index in [4.69, 9.17) is 4.74 Å². The summed E-state index contributed by atoms with van der Waals surface area (Å²) in [5.74, 6) is -0.296. The van der Waals surface area contributed by atoms with Crippen molar-refractivity contribution < 1.29 is 14.3 Å².